The molecule has 1 saturated carbocycles. The molecule has 94 valence electrons. The molecule has 2 aromatic rings. The first-order valence-electron chi connectivity index (χ1n) is 6.26. The van der Waals surface area contributed by atoms with Gasteiger partial charge in [-0.2, -0.15) is 5.10 Å². The molecule has 0 spiro atoms. The largest absolute Gasteiger partial charge is 0.310 e. The molecule has 3 rings (SSSR count). The Hall–Kier alpha value is -1.32. The lowest BCUT2D eigenvalue weighted by atomic mass is 10.2. The van der Waals surface area contributed by atoms with Gasteiger partial charge < -0.3 is 5.32 Å². The maximum atomic E-state index is 6.13. The fourth-order valence-corrected chi connectivity index (χ4v) is 2.04. The van der Waals surface area contributed by atoms with Crippen LogP contribution >= 0.6 is 11.6 Å². The van der Waals surface area contributed by atoms with Gasteiger partial charge in [0, 0.05) is 29.4 Å². The average molecular weight is 262 g/mol. The van der Waals surface area contributed by atoms with Crippen molar-refractivity contribution in [3.05, 3.63) is 46.7 Å². The van der Waals surface area contributed by atoms with Crippen molar-refractivity contribution in [3.8, 4) is 5.69 Å². The van der Waals surface area contributed by atoms with Crippen LogP contribution in [0.15, 0.2) is 30.6 Å². The SMILES string of the molecule is Cc1ccc(-n2cc(CNC3CC3)cn2)cc1Cl. The molecule has 3 nitrogen and oxygen atoms in total. The van der Waals surface area contributed by atoms with Crippen LogP contribution in [0, 0.1) is 6.92 Å². The van der Waals surface area contributed by atoms with E-state index in [1.54, 1.807) is 0 Å². The number of aromatic nitrogens is 2. The topological polar surface area (TPSA) is 29.9 Å². The zero-order valence-electron chi connectivity index (χ0n) is 10.4. The van der Waals surface area contributed by atoms with Crippen LogP contribution in [0.4, 0.5) is 0 Å². The summed E-state index contributed by atoms with van der Waals surface area (Å²) in [4.78, 5) is 0. The van der Waals surface area contributed by atoms with Gasteiger partial charge in [0.15, 0.2) is 0 Å². The van der Waals surface area contributed by atoms with E-state index in [4.69, 9.17) is 11.6 Å². The minimum absolute atomic E-state index is 0.724. The van der Waals surface area contributed by atoms with Crippen LogP contribution in [0.2, 0.25) is 5.02 Å². The Morgan fingerprint density at radius 2 is 2.28 bits per heavy atom. The van der Waals surface area contributed by atoms with Crippen molar-refractivity contribution < 1.29 is 0 Å². The Labute approximate surface area is 112 Å². The van der Waals surface area contributed by atoms with E-state index < -0.39 is 0 Å². The van der Waals surface area contributed by atoms with E-state index in [1.807, 2.05) is 36.0 Å². The van der Waals surface area contributed by atoms with Gasteiger partial charge in [-0.3, -0.25) is 0 Å². The number of nitrogens with one attached hydrogen (secondary N) is 1. The summed E-state index contributed by atoms with van der Waals surface area (Å²) in [6.07, 6.45) is 6.57. The molecule has 0 bridgehead atoms. The van der Waals surface area contributed by atoms with E-state index in [2.05, 4.69) is 16.6 Å². The summed E-state index contributed by atoms with van der Waals surface area (Å²) in [7, 11) is 0. The average Bonchev–Trinajstić information content (AvgIpc) is 3.08. The molecule has 0 unspecified atom stereocenters. The maximum absolute atomic E-state index is 6.13. The summed E-state index contributed by atoms with van der Waals surface area (Å²) in [5, 5.41) is 8.63. The van der Waals surface area contributed by atoms with Gasteiger partial charge in [0.05, 0.1) is 11.9 Å². The molecule has 0 saturated heterocycles. The Kier molecular flexibility index (Phi) is 3.10. The number of hydrogen-bond donors (Lipinski definition) is 1. The number of halogens is 1. The van der Waals surface area contributed by atoms with Crippen LogP contribution in [0.25, 0.3) is 5.69 Å². The quantitative estimate of drug-likeness (QED) is 0.917. The third kappa shape index (κ3) is 2.57. The van der Waals surface area contributed by atoms with E-state index in [-0.39, 0.29) is 0 Å². The monoisotopic (exact) mass is 261 g/mol. The highest BCUT2D eigenvalue weighted by molar-refractivity contribution is 6.31. The van der Waals surface area contributed by atoms with Gasteiger partial charge in [-0.25, -0.2) is 4.68 Å². The van der Waals surface area contributed by atoms with Gasteiger partial charge in [0.1, 0.15) is 0 Å². The molecule has 18 heavy (non-hydrogen) atoms. The van der Waals surface area contributed by atoms with Crippen LogP contribution < -0.4 is 5.32 Å². The summed E-state index contributed by atoms with van der Waals surface area (Å²) in [5.41, 5.74) is 3.30. The van der Waals surface area contributed by atoms with E-state index >= 15 is 0 Å². The molecule has 1 N–H and O–H groups in total. The Morgan fingerprint density at radius 3 is 3.00 bits per heavy atom. The third-order valence-electron chi connectivity index (χ3n) is 3.23. The van der Waals surface area contributed by atoms with Crippen LogP contribution in [0.3, 0.4) is 0 Å². The number of aryl methyl sites for hydroxylation is 1. The van der Waals surface area contributed by atoms with Crippen molar-refractivity contribution in [2.45, 2.75) is 32.4 Å². The van der Waals surface area contributed by atoms with Crippen molar-refractivity contribution in [1.82, 2.24) is 15.1 Å². The lowest BCUT2D eigenvalue weighted by Crippen LogP contribution is -2.14. The Bertz CT molecular complexity index is 558. The molecule has 0 aliphatic heterocycles. The standard InChI is InChI=1S/C14H16ClN3/c1-10-2-5-13(6-14(10)15)18-9-11(8-17-18)7-16-12-3-4-12/h2,5-6,8-9,12,16H,3-4,7H2,1H3. The third-order valence-corrected chi connectivity index (χ3v) is 3.64. The van der Waals surface area contributed by atoms with Crippen molar-refractivity contribution in [2.24, 2.45) is 0 Å². The minimum atomic E-state index is 0.724. The summed E-state index contributed by atoms with van der Waals surface area (Å²) in [6.45, 7) is 2.89. The second-order valence-electron chi connectivity index (χ2n) is 4.88. The van der Waals surface area contributed by atoms with Crippen LogP contribution in [0.5, 0.6) is 0 Å². The molecule has 1 aliphatic rings. The highest BCUT2D eigenvalue weighted by Crippen LogP contribution is 2.21. The predicted molar refractivity (Wildman–Crippen MR) is 73.2 cm³/mol. The highest BCUT2D eigenvalue weighted by atomic mass is 35.5. The normalized spacial score (nSPS) is 15.0. The number of rotatable bonds is 4. The van der Waals surface area contributed by atoms with Gasteiger partial charge in [0.25, 0.3) is 0 Å². The Balaban J connectivity index is 1.76. The summed E-state index contributed by atoms with van der Waals surface area (Å²) >= 11 is 6.13. The zero-order valence-corrected chi connectivity index (χ0v) is 11.1. The van der Waals surface area contributed by atoms with Crippen LogP contribution in [-0.2, 0) is 6.54 Å². The maximum Gasteiger partial charge on any atom is 0.0660 e. The van der Waals surface area contributed by atoms with E-state index in [1.165, 1.54) is 18.4 Å². The molecule has 1 fully saturated rings. The summed E-state index contributed by atoms with van der Waals surface area (Å²) in [5.74, 6) is 0. The fourth-order valence-electron chi connectivity index (χ4n) is 1.87. The summed E-state index contributed by atoms with van der Waals surface area (Å²) < 4.78 is 1.87. The highest BCUT2D eigenvalue weighted by Gasteiger charge is 2.20. The first-order chi connectivity index (χ1) is 8.72. The van der Waals surface area contributed by atoms with Gasteiger partial charge in [0.2, 0.25) is 0 Å². The first kappa shape index (κ1) is 11.8. The van der Waals surface area contributed by atoms with Gasteiger partial charge in [-0.15, -0.1) is 0 Å². The van der Waals surface area contributed by atoms with Crippen molar-refractivity contribution >= 4 is 11.6 Å². The molecule has 0 amide bonds. The van der Waals surface area contributed by atoms with E-state index in [0.29, 0.717) is 0 Å². The minimum Gasteiger partial charge on any atom is -0.310 e. The number of hydrogen-bond acceptors (Lipinski definition) is 2. The lowest BCUT2D eigenvalue weighted by molar-refractivity contribution is 0.687. The molecule has 1 aliphatic carbocycles. The van der Waals surface area contributed by atoms with Gasteiger partial charge in [-0.1, -0.05) is 17.7 Å². The molecule has 0 atom stereocenters. The van der Waals surface area contributed by atoms with Crippen molar-refractivity contribution in [2.75, 3.05) is 0 Å². The molecular weight excluding hydrogens is 246 g/mol. The van der Waals surface area contributed by atoms with E-state index in [9.17, 15) is 0 Å². The van der Waals surface area contributed by atoms with Crippen LogP contribution in [-0.4, -0.2) is 15.8 Å². The van der Waals surface area contributed by atoms with E-state index in [0.717, 1.165) is 28.9 Å². The zero-order chi connectivity index (χ0) is 12.5. The second kappa shape index (κ2) is 4.75. The number of nitrogens with zero attached hydrogens (tertiary/aromatic N) is 2. The number of benzene rings is 1. The smallest absolute Gasteiger partial charge is 0.0660 e. The first-order valence-corrected chi connectivity index (χ1v) is 6.63. The fraction of sp³-hybridized carbons (Fsp3) is 0.357. The van der Waals surface area contributed by atoms with Gasteiger partial charge in [-0.05, 0) is 37.5 Å². The molecule has 4 heteroatoms. The van der Waals surface area contributed by atoms with Crippen molar-refractivity contribution in [3.63, 3.8) is 0 Å². The predicted octanol–water partition coefficient (Wildman–Crippen LogP) is 3.09. The van der Waals surface area contributed by atoms with Crippen molar-refractivity contribution in [1.29, 1.82) is 0 Å². The summed E-state index contributed by atoms with van der Waals surface area (Å²) in [6, 6.07) is 6.72. The Morgan fingerprint density at radius 1 is 1.44 bits per heavy atom. The second-order valence-corrected chi connectivity index (χ2v) is 5.29. The molecule has 1 aromatic heterocycles. The van der Waals surface area contributed by atoms with Crippen LogP contribution in [0.1, 0.15) is 24.0 Å². The molecule has 0 radical (unpaired) electrons. The lowest BCUT2D eigenvalue weighted by Gasteiger charge is -2.03. The molecule has 1 aromatic carbocycles. The molecular formula is C14H16ClN3. The van der Waals surface area contributed by atoms with Gasteiger partial charge >= 0.3 is 0 Å². The molecule has 1 heterocycles.